The first-order chi connectivity index (χ1) is 11.8. The highest BCUT2D eigenvalue weighted by Gasteiger charge is 2.42. The summed E-state index contributed by atoms with van der Waals surface area (Å²) in [6.45, 7) is 8.89. The minimum Gasteiger partial charge on any atom is -0.357 e. The number of piperidine rings is 1. The normalized spacial score (nSPS) is 24.9. The number of guanidine groups is 1. The maximum Gasteiger partial charge on any atom is 0.220 e. The molecule has 9 heteroatoms. The number of hydrogen-bond acceptors (Lipinski definition) is 4. The fraction of sp³-hybridized carbons (Fsp3) is 0.875. The van der Waals surface area contributed by atoms with Gasteiger partial charge in [0, 0.05) is 44.1 Å². The molecule has 144 valence electrons. The van der Waals surface area contributed by atoms with E-state index in [4.69, 9.17) is 0 Å². The number of likely N-dealkylation sites (tertiary alicyclic amines) is 1. The van der Waals surface area contributed by atoms with Crippen LogP contribution in [0.5, 0.6) is 0 Å². The molecule has 2 heterocycles. The van der Waals surface area contributed by atoms with Gasteiger partial charge in [-0.1, -0.05) is 0 Å². The largest absolute Gasteiger partial charge is 0.357 e. The molecule has 8 nitrogen and oxygen atoms in total. The highest BCUT2D eigenvalue weighted by molar-refractivity contribution is 7.89. The van der Waals surface area contributed by atoms with Crippen molar-refractivity contribution >= 4 is 21.9 Å². The number of hydrogen-bond donors (Lipinski definition) is 3. The lowest BCUT2D eigenvalue weighted by Crippen LogP contribution is -2.51. The molecule has 2 saturated heterocycles. The molecule has 1 atom stereocenters. The number of amides is 1. The van der Waals surface area contributed by atoms with Gasteiger partial charge in [0.15, 0.2) is 5.96 Å². The van der Waals surface area contributed by atoms with E-state index in [1.807, 2.05) is 6.92 Å². The van der Waals surface area contributed by atoms with Gasteiger partial charge < -0.3 is 15.5 Å². The Hall–Kier alpha value is -1.35. The van der Waals surface area contributed by atoms with Gasteiger partial charge in [-0.25, -0.2) is 13.1 Å². The highest BCUT2D eigenvalue weighted by atomic mass is 32.2. The maximum absolute atomic E-state index is 11.9. The van der Waals surface area contributed by atoms with Crippen LogP contribution in [0.1, 0.15) is 40.0 Å². The second kappa shape index (κ2) is 8.35. The van der Waals surface area contributed by atoms with Crippen LogP contribution in [0.25, 0.3) is 0 Å². The van der Waals surface area contributed by atoms with Gasteiger partial charge >= 0.3 is 0 Å². The van der Waals surface area contributed by atoms with Gasteiger partial charge in [0.1, 0.15) is 0 Å². The van der Waals surface area contributed by atoms with E-state index in [2.05, 4.69) is 25.2 Å². The summed E-state index contributed by atoms with van der Waals surface area (Å²) in [6.07, 6.45) is 2.61. The molecular formula is C16H31N5O3S. The Morgan fingerprint density at radius 3 is 2.80 bits per heavy atom. The van der Waals surface area contributed by atoms with E-state index in [9.17, 15) is 13.2 Å². The number of rotatable bonds is 6. The van der Waals surface area contributed by atoms with E-state index in [1.54, 1.807) is 13.8 Å². The first-order valence-electron chi connectivity index (χ1n) is 9.05. The van der Waals surface area contributed by atoms with E-state index in [0.29, 0.717) is 13.0 Å². The Bertz CT molecular complexity index is 605. The van der Waals surface area contributed by atoms with Crippen LogP contribution in [-0.2, 0) is 14.8 Å². The topological polar surface area (TPSA) is 103 Å². The third-order valence-electron chi connectivity index (χ3n) is 4.53. The molecule has 1 spiro atoms. The first-order valence-corrected chi connectivity index (χ1v) is 10.7. The summed E-state index contributed by atoms with van der Waals surface area (Å²) in [5.41, 5.74) is -0.0171. The molecule has 0 saturated carbocycles. The fourth-order valence-corrected chi connectivity index (χ4v) is 4.71. The average Bonchev–Trinajstić information content (AvgIpc) is 2.85. The number of carbonyl (C=O) groups is 1. The number of nitrogens with one attached hydrogen (secondary N) is 3. The predicted molar refractivity (Wildman–Crippen MR) is 98.9 cm³/mol. The van der Waals surface area contributed by atoms with Crippen molar-refractivity contribution < 1.29 is 13.2 Å². The zero-order chi connectivity index (χ0) is 18.5. The standard InChI is InChI=1S/C16H31N5O3S/c1-4-17-15(18-7-9-25(23,24)20-13(2)3)21-8-5-6-16(12-21)10-14(22)19-11-16/h13,20H,4-12H2,1-3H3,(H,17,18)(H,19,22). The monoisotopic (exact) mass is 373 g/mol. The van der Waals surface area contributed by atoms with E-state index in [1.165, 1.54) is 0 Å². The molecule has 2 aliphatic rings. The fourth-order valence-electron chi connectivity index (χ4n) is 3.54. The molecule has 25 heavy (non-hydrogen) atoms. The summed E-state index contributed by atoms with van der Waals surface area (Å²) in [4.78, 5) is 18.3. The number of aliphatic imine (C=N–C) groups is 1. The maximum atomic E-state index is 11.9. The van der Waals surface area contributed by atoms with Crippen LogP contribution in [0.15, 0.2) is 4.99 Å². The zero-order valence-corrected chi connectivity index (χ0v) is 16.3. The van der Waals surface area contributed by atoms with Crippen molar-refractivity contribution in [2.75, 3.05) is 38.5 Å². The van der Waals surface area contributed by atoms with E-state index < -0.39 is 10.0 Å². The SMILES string of the molecule is CCNC(=NCCS(=O)(=O)NC(C)C)N1CCCC2(CNC(=O)C2)C1. The van der Waals surface area contributed by atoms with E-state index in [-0.39, 0.29) is 29.7 Å². The molecule has 0 aliphatic carbocycles. The van der Waals surface area contributed by atoms with Gasteiger partial charge in [-0.15, -0.1) is 0 Å². The van der Waals surface area contributed by atoms with Crippen molar-refractivity contribution in [3.8, 4) is 0 Å². The molecule has 0 aromatic heterocycles. The van der Waals surface area contributed by atoms with Gasteiger partial charge in [0.05, 0.1) is 12.3 Å². The lowest BCUT2D eigenvalue weighted by molar-refractivity contribution is -0.119. The zero-order valence-electron chi connectivity index (χ0n) is 15.5. The number of nitrogens with zero attached hydrogens (tertiary/aromatic N) is 2. The van der Waals surface area contributed by atoms with Crippen LogP contribution in [0, 0.1) is 5.41 Å². The molecule has 1 amide bonds. The molecule has 0 aromatic carbocycles. The second-order valence-electron chi connectivity index (χ2n) is 7.31. The van der Waals surface area contributed by atoms with Crippen LogP contribution in [-0.4, -0.2) is 69.7 Å². The van der Waals surface area contributed by atoms with Gasteiger partial charge in [-0.3, -0.25) is 9.79 Å². The quantitative estimate of drug-likeness (QED) is 0.445. The molecule has 3 N–H and O–H groups in total. The summed E-state index contributed by atoms with van der Waals surface area (Å²) in [6, 6.07) is -0.114. The van der Waals surface area contributed by atoms with Gasteiger partial charge in [-0.2, -0.15) is 0 Å². The van der Waals surface area contributed by atoms with Crippen LogP contribution >= 0.6 is 0 Å². The van der Waals surface area contributed by atoms with Crippen molar-refractivity contribution in [3.63, 3.8) is 0 Å². The molecule has 2 fully saturated rings. The minimum absolute atomic E-state index is 0.0171. The summed E-state index contributed by atoms with van der Waals surface area (Å²) < 4.78 is 26.4. The molecular weight excluding hydrogens is 342 g/mol. The Kier molecular flexibility index (Phi) is 6.67. The lowest BCUT2D eigenvalue weighted by Gasteiger charge is -2.40. The van der Waals surface area contributed by atoms with Gasteiger partial charge in [0.2, 0.25) is 15.9 Å². The Balaban J connectivity index is 2.00. The second-order valence-corrected chi connectivity index (χ2v) is 9.18. The molecule has 0 bridgehead atoms. The first kappa shape index (κ1) is 20.0. The Labute approximate surface area is 150 Å². The average molecular weight is 374 g/mol. The smallest absolute Gasteiger partial charge is 0.220 e. The van der Waals surface area contributed by atoms with Crippen LogP contribution in [0.3, 0.4) is 0 Å². The number of carbonyl (C=O) groups excluding carboxylic acids is 1. The summed E-state index contributed by atoms with van der Waals surface area (Å²) >= 11 is 0. The molecule has 2 aliphatic heterocycles. The lowest BCUT2D eigenvalue weighted by atomic mass is 9.79. The minimum atomic E-state index is -3.31. The molecule has 0 radical (unpaired) electrons. The van der Waals surface area contributed by atoms with E-state index in [0.717, 1.165) is 38.4 Å². The third kappa shape index (κ3) is 5.85. The van der Waals surface area contributed by atoms with Crippen molar-refractivity contribution in [1.82, 2.24) is 20.3 Å². The van der Waals surface area contributed by atoms with E-state index >= 15 is 0 Å². The van der Waals surface area contributed by atoms with Crippen molar-refractivity contribution in [2.24, 2.45) is 10.4 Å². The summed E-state index contributed by atoms with van der Waals surface area (Å²) in [7, 11) is -3.31. The van der Waals surface area contributed by atoms with Gasteiger partial charge in [0.25, 0.3) is 0 Å². The summed E-state index contributed by atoms with van der Waals surface area (Å²) in [5, 5.41) is 6.19. The van der Waals surface area contributed by atoms with Crippen LogP contribution in [0.2, 0.25) is 0 Å². The number of sulfonamides is 1. The van der Waals surface area contributed by atoms with Crippen molar-refractivity contribution in [1.29, 1.82) is 0 Å². The van der Waals surface area contributed by atoms with Crippen LogP contribution < -0.4 is 15.4 Å². The molecule has 0 aromatic rings. The molecule has 2 rings (SSSR count). The van der Waals surface area contributed by atoms with Gasteiger partial charge in [-0.05, 0) is 33.6 Å². The molecule has 1 unspecified atom stereocenters. The Morgan fingerprint density at radius 2 is 2.20 bits per heavy atom. The Morgan fingerprint density at radius 1 is 1.44 bits per heavy atom. The third-order valence-corrected chi connectivity index (χ3v) is 6.08. The summed E-state index contributed by atoms with van der Waals surface area (Å²) in [5.74, 6) is 0.828. The highest BCUT2D eigenvalue weighted by Crippen LogP contribution is 2.35. The predicted octanol–water partition coefficient (Wildman–Crippen LogP) is -0.118. The van der Waals surface area contributed by atoms with Crippen molar-refractivity contribution in [3.05, 3.63) is 0 Å². The van der Waals surface area contributed by atoms with Crippen LogP contribution in [0.4, 0.5) is 0 Å². The van der Waals surface area contributed by atoms with Crippen molar-refractivity contribution in [2.45, 2.75) is 46.1 Å².